The molecule has 2 heterocycles. The van der Waals surface area contributed by atoms with E-state index < -0.39 is 0 Å². The van der Waals surface area contributed by atoms with Gasteiger partial charge in [0.2, 0.25) is 5.91 Å². The number of carbonyl (C=O) groups is 1. The van der Waals surface area contributed by atoms with Gasteiger partial charge in [0.25, 0.3) is 0 Å². The summed E-state index contributed by atoms with van der Waals surface area (Å²) in [5, 5.41) is 2.93. The fraction of sp³-hybridized carbons (Fsp3) is 0.900. The first-order chi connectivity index (χ1) is 7.36. The zero-order chi connectivity index (χ0) is 10.5. The Morgan fingerprint density at radius 1 is 1.27 bits per heavy atom. The van der Waals surface area contributed by atoms with E-state index in [0.29, 0.717) is 12.6 Å². The zero-order valence-corrected chi connectivity index (χ0v) is 10.5. The molecule has 0 atom stereocenters. The molecule has 0 unspecified atom stereocenters. The maximum Gasteiger partial charge on any atom is 0.234 e. The summed E-state index contributed by atoms with van der Waals surface area (Å²) in [4.78, 5) is 13.8. The number of rotatable bonds is 1. The number of thioether (sulfide) groups is 2. The summed E-state index contributed by atoms with van der Waals surface area (Å²) in [5.41, 5.74) is 0. The number of hydrogen-bond acceptors (Lipinski definition) is 4. The molecule has 0 saturated carbocycles. The van der Waals surface area contributed by atoms with Gasteiger partial charge in [0.05, 0.1) is 6.54 Å². The van der Waals surface area contributed by atoms with Crippen LogP contribution >= 0.6 is 23.5 Å². The monoisotopic (exact) mass is 246 g/mol. The van der Waals surface area contributed by atoms with Crippen molar-refractivity contribution in [3.8, 4) is 0 Å². The summed E-state index contributed by atoms with van der Waals surface area (Å²) < 4.78 is 0. The summed E-state index contributed by atoms with van der Waals surface area (Å²) in [6.45, 7) is 2.53. The van der Waals surface area contributed by atoms with E-state index in [2.05, 4.69) is 10.2 Å². The fourth-order valence-electron chi connectivity index (χ4n) is 1.96. The Morgan fingerprint density at radius 3 is 2.73 bits per heavy atom. The van der Waals surface area contributed by atoms with Crippen LogP contribution in [0.3, 0.4) is 0 Å². The Kier molecular flexibility index (Phi) is 4.65. The molecule has 2 aliphatic rings. The van der Waals surface area contributed by atoms with E-state index in [-0.39, 0.29) is 5.91 Å². The molecule has 2 rings (SSSR count). The number of nitrogens with zero attached hydrogens (tertiary/aromatic N) is 1. The van der Waals surface area contributed by atoms with Gasteiger partial charge in [0.15, 0.2) is 0 Å². The molecule has 2 aliphatic heterocycles. The van der Waals surface area contributed by atoms with Gasteiger partial charge in [0.1, 0.15) is 0 Å². The van der Waals surface area contributed by atoms with Crippen molar-refractivity contribution in [3.63, 3.8) is 0 Å². The van der Waals surface area contributed by atoms with Crippen molar-refractivity contribution in [2.75, 3.05) is 42.6 Å². The van der Waals surface area contributed by atoms with Crippen LogP contribution in [0.4, 0.5) is 0 Å². The third kappa shape index (κ3) is 3.57. The SMILES string of the molecule is O=C1CN(C2CSCCSC2)CCCN1. The van der Waals surface area contributed by atoms with Crippen LogP contribution in [0.25, 0.3) is 0 Å². The highest BCUT2D eigenvalue weighted by Gasteiger charge is 2.23. The molecule has 86 valence electrons. The normalized spacial score (nSPS) is 26.8. The molecule has 0 aromatic carbocycles. The van der Waals surface area contributed by atoms with E-state index in [4.69, 9.17) is 0 Å². The molecule has 15 heavy (non-hydrogen) atoms. The molecule has 0 radical (unpaired) electrons. The van der Waals surface area contributed by atoms with Gasteiger partial charge in [-0.25, -0.2) is 0 Å². The van der Waals surface area contributed by atoms with Crippen LogP contribution in [0.2, 0.25) is 0 Å². The van der Waals surface area contributed by atoms with E-state index in [0.717, 1.165) is 19.5 Å². The molecule has 0 aromatic rings. The summed E-state index contributed by atoms with van der Waals surface area (Å²) in [5.74, 6) is 5.12. The molecule has 0 bridgehead atoms. The Morgan fingerprint density at radius 2 is 2.00 bits per heavy atom. The minimum absolute atomic E-state index is 0.201. The topological polar surface area (TPSA) is 32.3 Å². The molecule has 0 aromatic heterocycles. The molecular weight excluding hydrogens is 228 g/mol. The third-order valence-electron chi connectivity index (χ3n) is 2.80. The second-order valence-corrected chi connectivity index (χ2v) is 6.28. The van der Waals surface area contributed by atoms with Crippen molar-refractivity contribution in [1.29, 1.82) is 0 Å². The average Bonchev–Trinajstić information content (AvgIpc) is 2.59. The molecular formula is C10H18N2OS2. The van der Waals surface area contributed by atoms with Gasteiger partial charge in [-0.2, -0.15) is 23.5 Å². The smallest absolute Gasteiger partial charge is 0.234 e. The molecule has 0 aliphatic carbocycles. The lowest BCUT2D eigenvalue weighted by Crippen LogP contribution is -2.42. The highest BCUT2D eigenvalue weighted by atomic mass is 32.2. The van der Waals surface area contributed by atoms with Crippen LogP contribution in [-0.2, 0) is 4.79 Å². The molecule has 2 saturated heterocycles. The van der Waals surface area contributed by atoms with Crippen LogP contribution in [0.15, 0.2) is 0 Å². The van der Waals surface area contributed by atoms with E-state index in [1.165, 1.54) is 23.0 Å². The van der Waals surface area contributed by atoms with Crippen molar-refractivity contribution in [3.05, 3.63) is 0 Å². The average molecular weight is 246 g/mol. The van der Waals surface area contributed by atoms with Crippen molar-refractivity contribution < 1.29 is 4.79 Å². The molecule has 1 N–H and O–H groups in total. The Hall–Kier alpha value is 0.130. The van der Waals surface area contributed by atoms with Crippen LogP contribution in [0.1, 0.15) is 6.42 Å². The molecule has 1 amide bonds. The number of carbonyl (C=O) groups excluding carboxylic acids is 1. The minimum atomic E-state index is 0.201. The maximum atomic E-state index is 11.5. The predicted molar refractivity (Wildman–Crippen MR) is 67.6 cm³/mol. The summed E-state index contributed by atoms with van der Waals surface area (Å²) >= 11 is 4.06. The Balaban J connectivity index is 1.91. The second kappa shape index (κ2) is 6.01. The van der Waals surface area contributed by atoms with Crippen LogP contribution in [0.5, 0.6) is 0 Å². The van der Waals surface area contributed by atoms with Crippen molar-refractivity contribution in [2.45, 2.75) is 12.5 Å². The lowest BCUT2D eigenvalue weighted by molar-refractivity contribution is -0.121. The zero-order valence-electron chi connectivity index (χ0n) is 8.91. The van der Waals surface area contributed by atoms with Crippen molar-refractivity contribution >= 4 is 29.4 Å². The molecule has 2 fully saturated rings. The van der Waals surface area contributed by atoms with Crippen LogP contribution in [-0.4, -0.2) is 59.5 Å². The summed E-state index contributed by atoms with van der Waals surface area (Å²) in [7, 11) is 0. The number of amides is 1. The van der Waals surface area contributed by atoms with Gasteiger partial charge in [-0.15, -0.1) is 0 Å². The quantitative estimate of drug-likeness (QED) is 0.736. The van der Waals surface area contributed by atoms with Gasteiger partial charge in [0, 0.05) is 42.1 Å². The molecule has 0 spiro atoms. The summed E-state index contributed by atoms with van der Waals surface area (Å²) in [6, 6.07) is 0.603. The lowest BCUT2D eigenvalue weighted by Gasteiger charge is -2.27. The van der Waals surface area contributed by atoms with Crippen molar-refractivity contribution in [1.82, 2.24) is 10.2 Å². The van der Waals surface area contributed by atoms with Gasteiger partial charge < -0.3 is 5.32 Å². The van der Waals surface area contributed by atoms with E-state index in [1.807, 2.05) is 23.5 Å². The standard InChI is InChI=1S/C10H18N2OS2/c13-10-6-12(3-1-2-11-10)9-7-14-4-5-15-8-9/h9H,1-8H2,(H,11,13). The van der Waals surface area contributed by atoms with E-state index in [1.54, 1.807) is 0 Å². The maximum absolute atomic E-state index is 11.5. The molecule has 3 nitrogen and oxygen atoms in total. The van der Waals surface area contributed by atoms with Gasteiger partial charge in [-0.1, -0.05) is 0 Å². The Labute approximate surface area is 99.7 Å². The lowest BCUT2D eigenvalue weighted by atomic mass is 10.3. The number of nitrogens with one attached hydrogen (secondary N) is 1. The first kappa shape index (κ1) is 11.6. The van der Waals surface area contributed by atoms with Crippen LogP contribution < -0.4 is 5.32 Å². The van der Waals surface area contributed by atoms with Gasteiger partial charge in [-0.05, 0) is 6.42 Å². The second-order valence-electron chi connectivity index (χ2n) is 3.98. The highest BCUT2D eigenvalue weighted by Crippen LogP contribution is 2.20. The first-order valence-electron chi connectivity index (χ1n) is 5.52. The number of hydrogen-bond donors (Lipinski definition) is 1. The molecule has 5 heteroatoms. The predicted octanol–water partition coefficient (Wildman–Crippen LogP) is 0.657. The van der Waals surface area contributed by atoms with Gasteiger partial charge >= 0.3 is 0 Å². The third-order valence-corrected chi connectivity index (χ3v) is 5.28. The van der Waals surface area contributed by atoms with E-state index in [9.17, 15) is 4.79 Å². The van der Waals surface area contributed by atoms with Crippen molar-refractivity contribution in [2.24, 2.45) is 0 Å². The highest BCUT2D eigenvalue weighted by molar-refractivity contribution is 8.03. The minimum Gasteiger partial charge on any atom is -0.355 e. The van der Waals surface area contributed by atoms with E-state index >= 15 is 0 Å². The largest absolute Gasteiger partial charge is 0.355 e. The Bertz CT molecular complexity index is 217. The summed E-state index contributed by atoms with van der Waals surface area (Å²) in [6.07, 6.45) is 1.09. The van der Waals surface area contributed by atoms with Crippen LogP contribution in [0, 0.1) is 0 Å². The van der Waals surface area contributed by atoms with Gasteiger partial charge in [-0.3, -0.25) is 9.69 Å². The first-order valence-corrected chi connectivity index (χ1v) is 7.83. The fourth-order valence-corrected chi connectivity index (χ4v) is 4.58.